The van der Waals surface area contributed by atoms with Crippen LogP contribution in [0.4, 0.5) is 4.39 Å². The van der Waals surface area contributed by atoms with Crippen LogP contribution in [0.2, 0.25) is 0 Å². The number of hydrogen-bond acceptors (Lipinski definition) is 0. The molecule has 0 aromatic carbocycles. The third-order valence-electron chi connectivity index (χ3n) is 2.94. The topological polar surface area (TPSA) is 0 Å². The first-order valence-electron chi connectivity index (χ1n) is 7.99. The Kier molecular flexibility index (Phi) is 14.2. The lowest BCUT2D eigenvalue weighted by Crippen LogP contribution is -1.99. The number of unbranched alkanes of at least 4 members (excludes halogenated alkanes) is 1. The van der Waals surface area contributed by atoms with Crippen LogP contribution in [-0.4, -0.2) is 6.67 Å². The lowest BCUT2D eigenvalue weighted by molar-refractivity contribution is 0.496. The molecule has 0 aromatic rings. The van der Waals surface area contributed by atoms with E-state index in [4.69, 9.17) is 0 Å². The van der Waals surface area contributed by atoms with Gasteiger partial charge in [-0.15, -0.1) is 0 Å². The van der Waals surface area contributed by atoms with Crippen molar-refractivity contribution in [3.63, 3.8) is 0 Å². The first-order chi connectivity index (χ1) is 9.99. The normalized spacial score (nSPS) is 11.5. The van der Waals surface area contributed by atoms with Crippen molar-refractivity contribution in [2.24, 2.45) is 0 Å². The molecule has 21 heavy (non-hydrogen) atoms. The van der Waals surface area contributed by atoms with Crippen molar-refractivity contribution < 1.29 is 4.39 Å². The smallest absolute Gasteiger partial charge is 0.0934 e. The molecule has 0 atom stereocenters. The maximum Gasteiger partial charge on any atom is 0.0934 e. The van der Waals surface area contributed by atoms with Gasteiger partial charge in [0.1, 0.15) is 0 Å². The monoisotopic (exact) mass is 292 g/mol. The second kappa shape index (κ2) is 13.6. The molecule has 0 aliphatic heterocycles. The summed E-state index contributed by atoms with van der Waals surface area (Å²) in [5.41, 5.74) is 4.80. The van der Waals surface area contributed by atoms with Gasteiger partial charge in [0.25, 0.3) is 0 Å². The molecule has 0 heterocycles. The number of alkyl halides is 1. The highest BCUT2D eigenvalue weighted by molar-refractivity contribution is 5.59. The predicted octanol–water partition coefficient (Wildman–Crippen LogP) is 7.12. The average Bonchev–Trinajstić information content (AvgIpc) is 2.48. The van der Waals surface area contributed by atoms with Gasteiger partial charge in [0, 0.05) is 6.42 Å². The fourth-order valence-electron chi connectivity index (χ4n) is 1.86. The maximum atomic E-state index is 12.5. The van der Waals surface area contributed by atoms with Crippen LogP contribution in [0.5, 0.6) is 0 Å². The quantitative estimate of drug-likeness (QED) is 0.397. The van der Waals surface area contributed by atoms with E-state index < -0.39 is 6.67 Å². The van der Waals surface area contributed by atoms with Gasteiger partial charge in [0.15, 0.2) is 0 Å². The molecule has 120 valence electrons. The summed E-state index contributed by atoms with van der Waals surface area (Å²) in [4.78, 5) is 0. The Morgan fingerprint density at radius 1 is 1.00 bits per heavy atom. The Bertz CT molecular complexity index is 394. The van der Waals surface area contributed by atoms with Crippen LogP contribution in [0, 0.1) is 0 Å². The second-order valence-corrected chi connectivity index (χ2v) is 4.73. The Morgan fingerprint density at radius 3 is 1.95 bits per heavy atom. The predicted molar refractivity (Wildman–Crippen MR) is 96.4 cm³/mol. The van der Waals surface area contributed by atoms with Gasteiger partial charge in [-0.3, -0.25) is 4.39 Å². The molecule has 0 spiro atoms. The molecule has 0 unspecified atom stereocenters. The van der Waals surface area contributed by atoms with Gasteiger partial charge in [-0.05, 0) is 42.1 Å². The van der Waals surface area contributed by atoms with E-state index in [1.165, 1.54) is 0 Å². The zero-order valence-corrected chi connectivity index (χ0v) is 14.7. The third-order valence-corrected chi connectivity index (χ3v) is 2.94. The molecule has 0 amide bonds. The molecule has 0 nitrogen and oxygen atoms in total. The summed E-state index contributed by atoms with van der Waals surface area (Å²) >= 11 is 0. The fraction of sp³-hybridized carbons (Fsp3) is 0.500. The summed E-state index contributed by atoms with van der Waals surface area (Å²) in [7, 11) is 0. The summed E-state index contributed by atoms with van der Waals surface area (Å²) in [6.07, 6.45) is 7.65. The second-order valence-electron chi connectivity index (χ2n) is 4.73. The molecular weight excluding hydrogens is 259 g/mol. The SMILES string of the molecule is C=C(CCF)C(=C)C(=C\CCC)/C(=C\CC)C(=C)C.CC. The first kappa shape index (κ1) is 21.9. The van der Waals surface area contributed by atoms with E-state index in [2.05, 4.69) is 45.7 Å². The standard InChI is InChI=1S/C18H27F.C2H6/c1-7-9-11-18(16(6)15(5)12-13-19)17(10-8-2)14(3)4;1-2/h10-11H,3,5-9,12-13H2,1-2,4H3;1-2H3/b17-10-,18-11+;. The van der Waals surface area contributed by atoms with Crippen molar-refractivity contribution in [3.05, 3.63) is 59.8 Å². The Morgan fingerprint density at radius 2 is 1.57 bits per heavy atom. The van der Waals surface area contributed by atoms with Crippen molar-refractivity contribution in [1.82, 2.24) is 0 Å². The molecular formula is C20H33F. The van der Waals surface area contributed by atoms with Crippen LogP contribution in [0.1, 0.15) is 60.3 Å². The van der Waals surface area contributed by atoms with Gasteiger partial charge in [0.2, 0.25) is 0 Å². The highest BCUT2D eigenvalue weighted by atomic mass is 19.1. The minimum atomic E-state index is -0.390. The van der Waals surface area contributed by atoms with Crippen molar-refractivity contribution in [1.29, 1.82) is 0 Å². The molecule has 0 fully saturated rings. The molecule has 0 saturated carbocycles. The maximum absolute atomic E-state index is 12.5. The molecule has 0 bridgehead atoms. The summed E-state index contributed by atoms with van der Waals surface area (Å²) in [6.45, 7) is 21.9. The average molecular weight is 292 g/mol. The Balaban J connectivity index is 0. The van der Waals surface area contributed by atoms with Crippen molar-refractivity contribution >= 4 is 0 Å². The highest BCUT2D eigenvalue weighted by Crippen LogP contribution is 2.30. The van der Waals surface area contributed by atoms with Gasteiger partial charge < -0.3 is 0 Å². The summed E-state index contributed by atoms with van der Waals surface area (Å²) in [5, 5.41) is 0. The Hall–Kier alpha value is -1.37. The van der Waals surface area contributed by atoms with E-state index in [0.29, 0.717) is 6.42 Å². The minimum absolute atomic E-state index is 0.345. The number of rotatable bonds is 9. The summed E-state index contributed by atoms with van der Waals surface area (Å²) < 4.78 is 12.5. The molecule has 0 N–H and O–H groups in total. The van der Waals surface area contributed by atoms with E-state index in [9.17, 15) is 4.39 Å². The molecule has 0 saturated heterocycles. The van der Waals surface area contributed by atoms with Gasteiger partial charge in [0.05, 0.1) is 6.67 Å². The van der Waals surface area contributed by atoms with Crippen LogP contribution in [0.15, 0.2) is 59.8 Å². The first-order valence-corrected chi connectivity index (χ1v) is 7.99. The lowest BCUT2D eigenvalue weighted by atomic mass is 9.88. The summed E-state index contributed by atoms with van der Waals surface area (Å²) in [6, 6.07) is 0. The largest absolute Gasteiger partial charge is 0.251 e. The van der Waals surface area contributed by atoms with Crippen LogP contribution in [-0.2, 0) is 0 Å². The van der Waals surface area contributed by atoms with Gasteiger partial charge in [-0.25, -0.2) is 0 Å². The summed E-state index contributed by atoms with van der Waals surface area (Å²) in [5.74, 6) is 0. The van der Waals surface area contributed by atoms with Gasteiger partial charge >= 0.3 is 0 Å². The molecule has 0 aliphatic carbocycles. The van der Waals surface area contributed by atoms with Crippen LogP contribution >= 0.6 is 0 Å². The minimum Gasteiger partial charge on any atom is -0.251 e. The molecule has 0 radical (unpaired) electrons. The number of halogens is 1. The zero-order chi connectivity index (χ0) is 16.8. The van der Waals surface area contributed by atoms with Crippen molar-refractivity contribution in [2.75, 3.05) is 6.67 Å². The van der Waals surface area contributed by atoms with Gasteiger partial charge in [-0.1, -0.05) is 71.6 Å². The third kappa shape index (κ3) is 8.49. The van der Waals surface area contributed by atoms with Crippen molar-refractivity contribution in [2.45, 2.75) is 60.3 Å². The molecule has 0 rings (SSSR count). The molecule has 0 aliphatic rings. The zero-order valence-electron chi connectivity index (χ0n) is 14.7. The van der Waals surface area contributed by atoms with E-state index in [1.807, 2.05) is 20.8 Å². The highest BCUT2D eigenvalue weighted by Gasteiger charge is 2.12. The van der Waals surface area contributed by atoms with Crippen molar-refractivity contribution in [3.8, 4) is 0 Å². The molecule has 0 aromatic heterocycles. The van der Waals surface area contributed by atoms with E-state index in [0.717, 1.165) is 47.1 Å². The number of hydrogen-bond donors (Lipinski definition) is 0. The lowest BCUT2D eigenvalue weighted by Gasteiger charge is -2.17. The van der Waals surface area contributed by atoms with Crippen LogP contribution < -0.4 is 0 Å². The van der Waals surface area contributed by atoms with E-state index in [1.54, 1.807) is 0 Å². The van der Waals surface area contributed by atoms with Crippen LogP contribution in [0.3, 0.4) is 0 Å². The Labute approximate surface area is 131 Å². The number of allylic oxidation sites excluding steroid dienone is 7. The van der Waals surface area contributed by atoms with E-state index >= 15 is 0 Å². The van der Waals surface area contributed by atoms with E-state index in [-0.39, 0.29) is 0 Å². The fourth-order valence-corrected chi connectivity index (χ4v) is 1.86. The van der Waals surface area contributed by atoms with Gasteiger partial charge in [-0.2, -0.15) is 0 Å². The molecule has 1 heteroatoms. The van der Waals surface area contributed by atoms with Crippen LogP contribution in [0.25, 0.3) is 0 Å².